The van der Waals surface area contributed by atoms with Crippen LogP contribution in [-0.4, -0.2) is 118 Å². The van der Waals surface area contributed by atoms with Crippen LogP contribution in [0.3, 0.4) is 0 Å². The minimum atomic E-state index is -4.67. The molecule has 12 N–H and O–H groups in total. The van der Waals surface area contributed by atoms with Gasteiger partial charge < -0.3 is 21.3 Å². The maximum absolute atomic E-state index is 8.74. The van der Waals surface area contributed by atoms with Gasteiger partial charge in [0.15, 0.2) is 0 Å². The van der Waals surface area contributed by atoms with Crippen molar-refractivity contribution >= 4 is 31.2 Å². The first-order chi connectivity index (χ1) is 14.0. The fraction of sp³-hybridized carbons (Fsp3) is 1.00. The second-order valence-corrected chi connectivity index (χ2v) is 7.88. The summed E-state index contributed by atoms with van der Waals surface area (Å²) in [7, 11) is -14.0. The molecule has 1 fully saturated rings. The van der Waals surface area contributed by atoms with Gasteiger partial charge in [0.05, 0.1) is 0 Å². The van der Waals surface area contributed by atoms with E-state index in [0.717, 1.165) is 65.4 Å². The molecular formula is C10H32N6O12S3. The lowest BCUT2D eigenvalue weighted by Gasteiger charge is -2.11. The van der Waals surface area contributed by atoms with Crippen LogP contribution in [0.1, 0.15) is 0 Å². The van der Waals surface area contributed by atoms with Gasteiger partial charge in [-0.25, -0.2) is 0 Å². The summed E-state index contributed by atoms with van der Waals surface area (Å²) in [6.45, 7) is 10.1. The third-order valence-electron chi connectivity index (χ3n) is 2.41. The van der Waals surface area contributed by atoms with Gasteiger partial charge in [0.1, 0.15) is 0 Å². The van der Waals surface area contributed by atoms with Gasteiger partial charge in [-0.15, -0.1) is 0 Å². The van der Waals surface area contributed by atoms with Crippen molar-refractivity contribution in [2.45, 2.75) is 0 Å². The average molecular weight is 525 g/mol. The van der Waals surface area contributed by atoms with Gasteiger partial charge in [-0.1, -0.05) is 0 Å². The molecule has 0 atom stereocenters. The summed E-state index contributed by atoms with van der Waals surface area (Å²) in [6.07, 6.45) is 0. The summed E-state index contributed by atoms with van der Waals surface area (Å²) >= 11 is 0. The molecule has 21 heteroatoms. The van der Waals surface area contributed by atoms with Crippen molar-refractivity contribution in [2.24, 2.45) is 0 Å². The van der Waals surface area contributed by atoms with Crippen LogP contribution < -0.4 is 32.1 Å². The Morgan fingerprint density at radius 2 is 0.484 bits per heavy atom. The maximum Gasteiger partial charge on any atom is 0.394 e. The van der Waals surface area contributed by atoms with Crippen LogP contribution in [-0.2, 0) is 31.2 Å². The summed E-state index contributed by atoms with van der Waals surface area (Å²) in [6, 6.07) is 0. The lowest BCUT2D eigenvalue weighted by atomic mass is 10.5. The molecule has 0 aliphatic carbocycles. The quantitative estimate of drug-likeness (QED) is 0.133. The maximum atomic E-state index is 8.74. The standard InChI is InChI=1S/C10H26N6.3H2O4S/c1-2-12-4-6-14-8-10-16-15-9-7-13-5-3-11-1;3*1-5(2,3)4/h11-16H,1-10H2;3*(H2,1,2,3,4). The first-order valence-electron chi connectivity index (χ1n) is 8.38. The van der Waals surface area contributed by atoms with E-state index in [1.807, 2.05) is 0 Å². The normalized spacial score (nSPS) is 18.0. The van der Waals surface area contributed by atoms with Gasteiger partial charge in [0, 0.05) is 65.4 Å². The highest BCUT2D eigenvalue weighted by Gasteiger charge is 1.92. The summed E-state index contributed by atoms with van der Waals surface area (Å²) in [4.78, 5) is 0. The molecule has 1 rings (SSSR count). The van der Waals surface area contributed by atoms with E-state index in [0.29, 0.717) is 0 Å². The number of nitrogens with one attached hydrogen (secondary N) is 6. The molecule has 0 aromatic rings. The Hall–Kier alpha value is -0.630. The molecule has 1 aliphatic heterocycles. The van der Waals surface area contributed by atoms with Crippen LogP contribution in [0.25, 0.3) is 0 Å². The highest BCUT2D eigenvalue weighted by atomic mass is 32.3. The zero-order valence-electron chi connectivity index (χ0n) is 16.4. The van der Waals surface area contributed by atoms with Crippen molar-refractivity contribution in [1.29, 1.82) is 0 Å². The van der Waals surface area contributed by atoms with Crippen LogP contribution in [0.15, 0.2) is 0 Å². The fourth-order valence-corrected chi connectivity index (χ4v) is 1.51. The van der Waals surface area contributed by atoms with Crippen LogP contribution in [0, 0.1) is 0 Å². The molecule has 0 spiro atoms. The minimum Gasteiger partial charge on any atom is -0.314 e. The Morgan fingerprint density at radius 3 is 0.645 bits per heavy atom. The van der Waals surface area contributed by atoms with Crippen molar-refractivity contribution in [3.05, 3.63) is 0 Å². The molecule has 0 aromatic heterocycles. The van der Waals surface area contributed by atoms with Crippen LogP contribution in [0.2, 0.25) is 0 Å². The van der Waals surface area contributed by atoms with E-state index in [4.69, 9.17) is 52.6 Å². The van der Waals surface area contributed by atoms with Crippen molar-refractivity contribution in [1.82, 2.24) is 32.1 Å². The molecule has 192 valence electrons. The molecule has 0 unspecified atom stereocenters. The van der Waals surface area contributed by atoms with Gasteiger partial charge in [-0.05, 0) is 0 Å². The third kappa shape index (κ3) is 93.1. The molecule has 0 aromatic carbocycles. The summed E-state index contributed by atoms with van der Waals surface area (Å²) < 4.78 is 94.8. The Balaban J connectivity index is -0.000000428. The Labute approximate surface area is 181 Å². The number of rotatable bonds is 0. The zero-order valence-corrected chi connectivity index (χ0v) is 18.9. The molecule has 1 saturated heterocycles. The molecule has 0 bridgehead atoms. The topological polar surface area (TPSA) is 296 Å². The smallest absolute Gasteiger partial charge is 0.314 e. The Morgan fingerprint density at radius 1 is 0.355 bits per heavy atom. The fourth-order valence-electron chi connectivity index (χ4n) is 1.51. The van der Waals surface area contributed by atoms with Gasteiger partial charge in [0.2, 0.25) is 0 Å². The van der Waals surface area contributed by atoms with Gasteiger partial charge in [-0.2, -0.15) is 25.3 Å². The van der Waals surface area contributed by atoms with Crippen LogP contribution in [0.4, 0.5) is 0 Å². The lowest BCUT2D eigenvalue weighted by molar-refractivity contribution is 0.378. The van der Waals surface area contributed by atoms with Crippen molar-refractivity contribution in [2.75, 3.05) is 65.4 Å². The Bertz CT molecular complexity index is 543. The number of hydrogen-bond donors (Lipinski definition) is 12. The molecule has 1 aliphatic rings. The molecule has 0 radical (unpaired) electrons. The summed E-state index contributed by atoms with van der Waals surface area (Å²) in [5, 5.41) is 13.5. The van der Waals surface area contributed by atoms with Crippen LogP contribution >= 0.6 is 0 Å². The van der Waals surface area contributed by atoms with Crippen LogP contribution in [0.5, 0.6) is 0 Å². The van der Waals surface area contributed by atoms with E-state index in [2.05, 4.69) is 32.1 Å². The molecule has 18 nitrogen and oxygen atoms in total. The molecule has 0 saturated carbocycles. The number of hydrazine groups is 1. The zero-order chi connectivity index (χ0) is 24.8. The molecular weight excluding hydrogens is 492 g/mol. The van der Waals surface area contributed by atoms with Gasteiger partial charge >= 0.3 is 31.2 Å². The van der Waals surface area contributed by atoms with Gasteiger partial charge in [-0.3, -0.25) is 38.2 Å². The SMILES string of the molecule is C1CNCCNCCNNCCNCCN1.O=S(=O)(O)O.O=S(=O)(O)O.O=S(=O)(O)O. The highest BCUT2D eigenvalue weighted by molar-refractivity contribution is 7.80. The lowest BCUT2D eigenvalue weighted by Crippen LogP contribution is -2.43. The first kappa shape index (κ1) is 35.0. The molecule has 31 heavy (non-hydrogen) atoms. The van der Waals surface area contributed by atoms with Crippen molar-refractivity contribution in [3.8, 4) is 0 Å². The first-order valence-corrected chi connectivity index (χ1v) is 12.6. The van der Waals surface area contributed by atoms with E-state index in [1.54, 1.807) is 0 Å². The third-order valence-corrected chi connectivity index (χ3v) is 2.41. The largest absolute Gasteiger partial charge is 0.394 e. The highest BCUT2D eigenvalue weighted by Crippen LogP contribution is 1.65. The molecule has 0 amide bonds. The predicted molar refractivity (Wildman–Crippen MR) is 110 cm³/mol. The predicted octanol–water partition coefficient (Wildman–Crippen LogP) is -4.51. The molecule has 1 heterocycles. The summed E-state index contributed by atoms with van der Waals surface area (Å²) in [5.74, 6) is 0. The van der Waals surface area contributed by atoms with E-state index < -0.39 is 31.2 Å². The van der Waals surface area contributed by atoms with Gasteiger partial charge in [0.25, 0.3) is 0 Å². The average Bonchev–Trinajstić information content (AvgIpc) is 2.50. The minimum absolute atomic E-state index is 0.960. The monoisotopic (exact) mass is 524 g/mol. The Kier molecular flexibility index (Phi) is 23.9. The van der Waals surface area contributed by atoms with E-state index >= 15 is 0 Å². The second-order valence-electron chi connectivity index (χ2n) is 5.20. The second kappa shape index (κ2) is 21.2. The van der Waals surface area contributed by atoms with Crippen molar-refractivity contribution in [3.63, 3.8) is 0 Å². The number of hydrogen-bond acceptors (Lipinski definition) is 12. The van der Waals surface area contributed by atoms with E-state index in [-0.39, 0.29) is 0 Å². The van der Waals surface area contributed by atoms with E-state index in [1.165, 1.54) is 0 Å². The van der Waals surface area contributed by atoms with E-state index in [9.17, 15) is 0 Å². The summed E-state index contributed by atoms with van der Waals surface area (Å²) in [5.41, 5.74) is 6.36. The van der Waals surface area contributed by atoms with Crippen molar-refractivity contribution < 1.29 is 52.6 Å².